The lowest BCUT2D eigenvalue weighted by molar-refractivity contribution is -0.138. The van der Waals surface area contributed by atoms with Crippen molar-refractivity contribution in [2.75, 3.05) is 18.4 Å². The first-order valence-electron chi connectivity index (χ1n) is 6.95. The summed E-state index contributed by atoms with van der Waals surface area (Å²) in [5.74, 6) is -0.151. The molecule has 6 heteroatoms. The fourth-order valence-electron chi connectivity index (χ4n) is 2.73. The molecule has 1 aliphatic heterocycles. The molecule has 1 saturated heterocycles. The van der Waals surface area contributed by atoms with Crippen LogP contribution in [0.5, 0.6) is 0 Å². The van der Waals surface area contributed by atoms with Crippen molar-refractivity contribution in [2.45, 2.75) is 25.4 Å². The highest BCUT2D eigenvalue weighted by atomic mass is 79.9. The average molecular weight is 364 g/mol. The zero-order valence-corrected chi connectivity index (χ0v) is 13.1. The van der Waals surface area contributed by atoms with Crippen molar-refractivity contribution in [3.05, 3.63) is 35.4 Å². The summed E-state index contributed by atoms with van der Waals surface area (Å²) in [6.07, 6.45) is -1.70. The van der Waals surface area contributed by atoms with Crippen molar-refractivity contribution < 1.29 is 18.0 Å². The molecule has 1 fully saturated rings. The van der Waals surface area contributed by atoms with Crippen LogP contribution in [0.2, 0.25) is 0 Å². The van der Waals surface area contributed by atoms with E-state index in [1.807, 2.05) is 0 Å². The van der Waals surface area contributed by atoms with Crippen LogP contribution in [-0.2, 0) is 6.18 Å². The number of carbonyl (C=O) groups excluding carboxylic acids is 1. The second-order valence-corrected chi connectivity index (χ2v) is 6.07. The first-order chi connectivity index (χ1) is 9.93. The predicted molar refractivity (Wildman–Crippen MR) is 78.5 cm³/mol. The Hall–Kier alpha value is -1.04. The fraction of sp³-hybridized carbons (Fsp3) is 0.533. The normalized spacial score (nSPS) is 19.6. The van der Waals surface area contributed by atoms with Crippen LogP contribution in [0.3, 0.4) is 0 Å². The SMILES string of the molecule is O=C(c1ccccc1C(F)(F)F)N1CCCC(CCBr)C1. The maximum atomic E-state index is 13.0. The smallest absolute Gasteiger partial charge is 0.338 e. The quantitative estimate of drug-likeness (QED) is 0.731. The summed E-state index contributed by atoms with van der Waals surface area (Å²) in [5, 5.41) is 0.846. The molecule has 0 saturated carbocycles. The third kappa shape index (κ3) is 3.99. The summed E-state index contributed by atoms with van der Waals surface area (Å²) in [5.41, 5.74) is -1.10. The highest BCUT2D eigenvalue weighted by Crippen LogP contribution is 2.33. The zero-order chi connectivity index (χ0) is 15.5. The number of hydrogen-bond acceptors (Lipinski definition) is 1. The molecular formula is C15H17BrF3NO. The predicted octanol–water partition coefficient (Wildman–Crippen LogP) is 4.34. The number of nitrogens with zero attached hydrogens (tertiary/aromatic N) is 1. The van der Waals surface area contributed by atoms with Gasteiger partial charge >= 0.3 is 6.18 Å². The van der Waals surface area contributed by atoms with Gasteiger partial charge in [-0.1, -0.05) is 28.1 Å². The third-order valence-corrected chi connectivity index (χ3v) is 4.24. The molecule has 1 amide bonds. The van der Waals surface area contributed by atoms with Gasteiger partial charge in [0.1, 0.15) is 0 Å². The molecule has 1 heterocycles. The fourth-order valence-corrected chi connectivity index (χ4v) is 3.37. The lowest BCUT2D eigenvalue weighted by atomic mass is 9.94. The lowest BCUT2D eigenvalue weighted by Crippen LogP contribution is -2.40. The monoisotopic (exact) mass is 363 g/mol. The number of halogens is 4. The van der Waals surface area contributed by atoms with E-state index in [0.29, 0.717) is 19.0 Å². The van der Waals surface area contributed by atoms with Crippen LogP contribution < -0.4 is 0 Å². The number of benzene rings is 1. The maximum absolute atomic E-state index is 13.0. The standard InChI is InChI=1S/C15H17BrF3NO/c16-8-7-11-4-3-9-20(10-11)14(21)12-5-1-2-6-13(12)15(17,18)19/h1-2,5-6,11H,3-4,7-10H2. The van der Waals surface area contributed by atoms with E-state index in [0.717, 1.165) is 30.7 Å². The lowest BCUT2D eigenvalue weighted by Gasteiger charge is -2.33. The number of likely N-dealkylation sites (tertiary alicyclic amines) is 1. The highest BCUT2D eigenvalue weighted by Gasteiger charge is 2.36. The molecule has 21 heavy (non-hydrogen) atoms. The van der Waals surface area contributed by atoms with Gasteiger partial charge in [0.05, 0.1) is 11.1 Å². The van der Waals surface area contributed by atoms with Gasteiger partial charge in [-0.3, -0.25) is 4.79 Å². The largest absolute Gasteiger partial charge is 0.417 e. The Morgan fingerprint density at radius 2 is 2.05 bits per heavy atom. The van der Waals surface area contributed by atoms with E-state index in [2.05, 4.69) is 15.9 Å². The Morgan fingerprint density at radius 3 is 2.71 bits per heavy atom. The van der Waals surface area contributed by atoms with E-state index in [4.69, 9.17) is 0 Å². The Kier molecular flexibility index (Phi) is 5.30. The van der Waals surface area contributed by atoms with Crippen molar-refractivity contribution in [3.8, 4) is 0 Å². The zero-order valence-electron chi connectivity index (χ0n) is 11.5. The molecule has 1 atom stereocenters. The summed E-state index contributed by atoms with van der Waals surface area (Å²) in [6, 6.07) is 5.01. The molecule has 0 N–H and O–H groups in total. The molecule has 1 aromatic rings. The molecular weight excluding hydrogens is 347 g/mol. The molecule has 0 aromatic heterocycles. The second-order valence-electron chi connectivity index (χ2n) is 5.28. The van der Waals surface area contributed by atoms with Crippen molar-refractivity contribution in [1.82, 2.24) is 4.90 Å². The second kappa shape index (κ2) is 6.81. The molecule has 1 unspecified atom stereocenters. The van der Waals surface area contributed by atoms with Gasteiger partial charge in [0.2, 0.25) is 0 Å². The molecule has 1 aromatic carbocycles. The number of hydrogen-bond donors (Lipinski definition) is 0. The molecule has 1 aliphatic rings. The molecule has 2 nitrogen and oxygen atoms in total. The van der Waals surface area contributed by atoms with Crippen LogP contribution in [-0.4, -0.2) is 29.2 Å². The molecule has 0 spiro atoms. The molecule has 0 bridgehead atoms. The van der Waals surface area contributed by atoms with E-state index >= 15 is 0 Å². The Bertz CT molecular complexity index is 502. The molecule has 2 rings (SSSR count). The van der Waals surface area contributed by atoms with Gasteiger partial charge in [-0.2, -0.15) is 13.2 Å². The number of amides is 1. The Labute approximate surface area is 130 Å². The number of alkyl halides is 4. The minimum absolute atomic E-state index is 0.246. The van der Waals surface area contributed by atoms with Crippen molar-refractivity contribution in [3.63, 3.8) is 0 Å². The van der Waals surface area contributed by atoms with Gasteiger partial charge in [0.15, 0.2) is 0 Å². The maximum Gasteiger partial charge on any atom is 0.417 e. The average Bonchev–Trinajstić information content (AvgIpc) is 2.46. The number of rotatable bonds is 3. The summed E-state index contributed by atoms with van der Waals surface area (Å²) in [4.78, 5) is 14.0. The van der Waals surface area contributed by atoms with Crippen LogP contribution in [0.25, 0.3) is 0 Å². The van der Waals surface area contributed by atoms with Gasteiger partial charge < -0.3 is 4.90 Å². The van der Waals surface area contributed by atoms with E-state index in [9.17, 15) is 18.0 Å². The van der Waals surface area contributed by atoms with Gasteiger partial charge in [-0.05, 0) is 37.3 Å². The topological polar surface area (TPSA) is 20.3 Å². The third-order valence-electron chi connectivity index (χ3n) is 3.79. The van der Waals surface area contributed by atoms with Gasteiger partial charge in [-0.25, -0.2) is 0 Å². The van der Waals surface area contributed by atoms with E-state index in [-0.39, 0.29) is 5.56 Å². The molecule has 0 aliphatic carbocycles. The summed E-state index contributed by atoms with van der Waals surface area (Å²) in [7, 11) is 0. The minimum Gasteiger partial charge on any atom is -0.338 e. The highest BCUT2D eigenvalue weighted by molar-refractivity contribution is 9.09. The van der Waals surface area contributed by atoms with Crippen LogP contribution >= 0.6 is 15.9 Å². The number of carbonyl (C=O) groups is 1. The molecule has 0 radical (unpaired) electrons. The Balaban J connectivity index is 2.20. The number of piperidine rings is 1. The van der Waals surface area contributed by atoms with Crippen molar-refractivity contribution in [1.29, 1.82) is 0 Å². The first-order valence-corrected chi connectivity index (χ1v) is 8.07. The van der Waals surface area contributed by atoms with Crippen molar-refractivity contribution in [2.24, 2.45) is 5.92 Å². The summed E-state index contributed by atoms with van der Waals surface area (Å²) < 4.78 is 39.0. The minimum atomic E-state index is -4.50. The van der Waals surface area contributed by atoms with E-state index in [1.54, 1.807) is 4.90 Å². The Morgan fingerprint density at radius 1 is 1.33 bits per heavy atom. The van der Waals surface area contributed by atoms with Crippen LogP contribution in [0.4, 0.5) is 13.2 Å². The van der Waals surface area contributed by atoms with Gasteiger partial charge in [-0.15, -0.1) is 0 Å². The summed E-state index contributed by atoms with van der Waals surface area (Å²) >= 11 is 3.37. The summed E-state index contributed by atoms with van der Waals surface area (Å²) in [6.45, 7) is 1.07. The van der Waals surface area contributed by atoms with Crippen LogP contribution in [0, 0.1) is 5.92 Å². The van der Waals surface area contributed by atoms with Gasteiger partial charge in [0, 0.05) is 18.4 Å². The van der Waals surface area contributed by atoms with Crippen molar-refractivity contribution >= 4 is 21.8 Å². The van der Waals surface area contributed by atoms with E-state index in [1.165, 1.54) is 18.2 Å². The van der Waals surface area contributed by atoms with Crippen LogP contribution in [0.15, 0.2) is 24.3 Å². The van der Waals surface area contributed by atoms with Crippen LogP contribution in [0.1, 0.15) is 35.2 Å². The first kappa shape index (κ1) is 16.3. The van der Waals surface area contributed by atoms with Gasteiger partial charge in [0.25, 0.3) is 5.91 Å². The molecule has 116 valence electrons. The van der Waals surface area contributed by atoms with E-state index < -0.39 is 17.6 Å².